The van der Waals surface area contributed by atoms with Crippen molar-refractivity contribution in [3.8, 4) is 5.75 Å². The van der Waals surface area contributed by atoms with Gasteiger partial charge in [0.15, 0.2) is 16.4 Å². The number of carboxylic acids is 1. The van der Waals surface area contributed by atoms with Gasteiger partial charge in [0.25, 0.3) is 0 Å². The second-order valence-electron chi connectivity index (χ2n) is 7.63. The van der Waals surface area contributed by atoms with Crippen LogP contribution in [0.15, 0.2) is 24.3 Å². The molecule has 0 radical (unpaired) electrons. The van der Waals surface area contributed by atoms with Crippen molar-refractivity contribution in [1.82, 2.24) is 0 Å². The highest BCUT2D eigenvalue weighted by Crippen LogP contribution is 2.33. The third-order valence-corrected chi connectivity index (χ3v) is 7.63. The zero-order valence-corrected chi connectivity index (χ0v) is 16.5. The molecule has 26 heavy (non-hydrogen) atoms. The SMILES string of the molecule is CC(C)S(=O)(=O)CC1CCC(CCc2cccc(OCC(=O)O)c2)CC1. The summed E-state index contributed by atoms with van der Waals surface area (Å²) in [4.78, 5) is 10.6. The van der Waals surface area contributed by atoms with E-state index < -0.39 is 15.8 Å². The molecule has 2 rings (SSSR count). The van der Waals surface area contributed by atoms with Crippen LogP contribution in [0.2, 0.25) is 0 Å². The van der Waals surface area contributed by atoms with E-state index in [1.54, 1.807) is 19.9 Å². The van der Waals surface area contributed by atoms with Crippen LogP contribution in [0.5, 0.6) is 5.75 Å². The average molecular weight is 383 g/mol. The molecular weight excluding hydrogens is 352 g/mol. The van der Waals surface area contributed by atoms with E-state index in [-0.39, 0.29) is 11.9 Å². The Morgan fingerprint density at radius 1 is 1.19 bits per heavy atom. The molecule has 146 valence electrons. The zero-order valence-electron chi connectivity index (χ0n) is 15.7. The molecule has 1 aromatic rings. The molecule has 6 heteroatoms. The fourth-order valence-electron chi connectivity index (χ4n) is 3.51. The molecule has 1 aliphatic rings. The Labute approximate surface area is 156 Å². The van der Waals surface area contributed by atoms with Crippen LogP contribution in [0.4, 0.5) is 0 Å². The van der Waals surface area contributed by atoms with Gasteiger partial charge >= 0.3 is 5.97 Å². The summed E-state index contributed by atoms with van der Waals surface area (Å²) in [5.74, 6) is 0.891. The Morgan fingerprint density at radius 2 is 1.85 bits per heavy atom. The monoisotopic (exact) mass is 382 g/mol. The molecule has 0 aromatic heterocycles. The van der Waals surface area contributed by atoms with Crippen molar-refractivity contribution < 1.29 is 23.1 Å². The third-order valence-electron chi connectivity index (χ3n) is 5.25. The van der Waals surface area contributed by atoms with Crippen molar-refractivity contribution in [3.05, 3.63) is 29.8 Å². The first-order chi connectivity index (χ1) is 12.3. The fourth-order valence-corrected chi connectivity index (χ4v) is 4.89. The number of hydrogen-bond donors (Lipinski definition) is 1. The van der Waals surface area contributed by atoms with Crippen LogP contribution in [0.3, 0.4) is 0 Å². The van der Waals surface area contributed by atoms with Gasteiger partial charge < -0.3 is 9.84 Å². The number of carboxylic acid groups (broad SMARTS) is 1. The number of rotatable bonds is 9. The highest BCUT2D eigenvalue weighted by Gasteiger charge is 2.27. The summed E-state index contributed by atoms with van der Waals surface area (Å²) in [6.45, 7) is 3.19. The van der Waals surface area contributed by atoms with Crippen molar-refractivity contribution >= 4 is 15.8 Å². The maximum atomic E-state index is 12.1. The van der Waals surface area contributed by atoms with Crippen LogP contribution in [0, 0.1) is 11.8 Å². The largest absolute Gasteiger partial charge is 0.482 e. The van der Waals surface area contributed by atoms with Crippen LogP contribution >= 0.6 is 0 Å². The molecule has 1 fully saturated rings. The Kier molecular flexibility index (Phi) is 7.50. The quantitative estimate of drug-likeness (QED) is 0.704. The average Bonchev–Trinajstić information content (AvgIpc) is 2.59. The van der Waals surface area contributed by atoms with E-state index in [4.69, 9.17) is 9.84 Å². The fraction of sp³-hybridized carbons (Fsp3) is 0.650. The smallest absolute Gasteiger partial charge is 0.341 e. The second-order valence-corrected chi connectivity index (χ2v) is 10.2. The van der Waals surface area contributed by atoms with Crippen LogP contribution in [0.25, 0.3) is 0 Å². The van der Waals surface area contributed by atoms with Crippen molar-refractivity contribution in [3.63, 3.8) is 0 Å². The molecule has 5 nitrogen and oxygen atoms in total. The second kappa shape index (κ2) is 9.40. The molecule has 1 aromatic carbocycles. The van der Waals surface area contributed by atoms with Gasteiger partial charge in [0.2, 0.25) is 0 Å². The summed E-state index contributed by atoms with van der Waals surface area (Å²) in [5, 5.41) is 8.40. The molecule has 1 saturated carbocycles. The summed E-state index contributed by atoms with van der Waals surface area (Å²) in [6.07, 6.45) is 6.19. The minimum absolute atomic E-state index is 0.282. The van der Waals surface area contributed by atoms with Crippen molar-refractivity contribution in [1.29, 1.82) is 0 Å². The topological polar surface area (TPSA) is 80.7 Å². The van der Waals surface area contributed by atoms with Gasteiger partial charge in [0.05, 0.1) is 11.0 Å². The number of benzene rings is 1. The third kappa shape index (κ3) is 6.63. The van der Waals surface area contributed by atoms with Gasteiger partial charge in [0.1, 0.15) is 5.75 Å². The highest BCUT2D eigenvalue weighted by molar-refractivity contribution is 7.91. The van der Waals surface area contributed by atoms with Crippen molar-refractivity contribution in [2.75, 3.05) is 12.4 Å². The standard InChI is InChI=1S/C20H30O5S/c1-15(2)26(23,24)14-18-10-7-16(8-11-18)6-9-17-4-3-5-19(12-17)25-13-20(21)22/h3-5,12,15-16,18H,6-11,13-14H2,1-2H3,(H,21,22). The minimum atomic E-state index is -2.94. The van der Waals surface area contributed by atoms with Gasteiger partial charge in [-0.3, -0.25) is 0 Å². The van der Waals surface area contributed by atoms with E-state index in [1.807, 2.05) is 18.2 Å². The number of hydrogen-bond acceptors (Lipinski definition) is 4. The minimum Gasteiger partial charge on any atom is -0.482 e. The molecule has 0 amide bonds. The van der Waals surface area contributed by atoms with E-state index in [2.05, 4.69) is 0 Å². The molecule has 0 spiro atoms. The van der Waals surface area contributed by atoms with Gasteiger partial charge in [-0.1, -0.05) is 25.0 Å². The predicted octanol–water partition coefficient (Wildman–Crippen LogP) is 3.71. The summed E-state index contributed by atoms with van der Waals surface area (Å²) < 4.78 is 29.4. The lowest BCUT2D eigenvalue weighted by atomic mass is 9.80. The van der Waals surface area contributed by atoms with Crippen LogP contribution in [-0.4, -0.2) is 37.1 Å². The zero-order chi connectivity index (χ0) is 19.2. The summed E-state index contributed by atoms with van der Waals surface area (Å²) in [6, 6.07) is 7.60. The van der Waals surface area contributed by atoms with Crippen LogP contribution in [-0.2, 0) is 21.1 Å². The molecule has 0 bridgehead atoms. The molecule has 0 saturated heterocycles. The number of sulfone groups is 1. The van der Waals surface area contributed by atoms with Gasteiger partial charge in [0, 0.05) is 0 Å². The first-order valence-corrected chi connectivity index (χ1v) is 11.1. The number of carbonyl (C=O) groups is 1. The number of aliphatic carboxylic acids is 1. The Balaban J connectivity index is 1.76. The first-order valence-electron chi connectivity index (χ1n) is 9.41. The van der Waals surface area contributed by atoms with Crippen LogP contribution < -0.4 is 4.74 Å². The lowest BCUT2D eigenvalue weighted by molar-refractivity contribution is -0.139. The van der Waals surface area contributed by atoms with Crippen LogP contribution in [0.1, 0.15) is 51.5 Å². The predicted molar refractivity (Wildman–Crippen MR) is 102 cm³/mol. The maximum absolute atomic E-state index is 12.1. The van der Waals surface area contributed by atoms with Crippen molar-refractivity contribution in [2.45, 2.75) is 57.6 Å². The van der Waals surface area contributed by atoms with Gasteiger partial charge in [-0.15, -0.1) is 0 Å². The molecule has 0 unspecified atom stereocenters. The lowest BCUT2D eigenvalue weighted by Gasteiger charge is -2.28. The van der Waals surface area contributed by atoms with Gasteiger partial charge in [-0.05, 0) is 69.1 Å². The summed E-state index contributed by atoms with van der Waals surface area (Å²) in [5.41, 5.74) is 1.15. The van der Waals surface area contributed by atoms with Gasteiger partial charge in [-0.25, -0.2) is 13.2 Å². The molecule has 1 N–H and O–H groups in total. The molecule has 0 atom stereocenters. The number of ether oxygens (including phenoxy) is 1. The van der Waals surface area contributed by atoms with E-state index in [1.165, 1.54) is 0 Å². The Bertz CT molecular complexity index is 688. The molecule has 1 aliphatic carbocycles. The first kappa shape index (κ1) is 20.7. The van der Waals surface area contributed by atoms with E-state index in [9.17, 15) is 13.2 Å². The van der Waals surface area contributed by atoms with E-state index in [0.29, 0.717) is 23.3 Å². The Morgan fingerprint density at radius 3 is 2.46 bits per heavy atom. The maximum Gasteiger partial charge on any atom is 0.341 e. The molecule has 0 aliphatic heterocycles. The summed E-state index contributed by atoms with van der Waals surface area (Å²) >= 11 is 0. The normalized spacial score (nSPS) is 20.9. The lowest BCUT2D eigenvalue weighted by Crippen LogP contribution is -2.26. The number of aryl methyl sites for hydroxylation is 1. The molecule has 0 heterocycles. The molecular formula is C20H30O5S. The van der Waals surface area contributed by atoms with E-state index in [0.717, 1.165) is 44.1 Å². The highest BCUT2D eigenvalue weighted by atomic mass is 32.2. The van der Waals surface area contributed by atoms with Gasteiger partial charge in [-0.2, -0.15) is 0 Å². The van der Waals surface area contributed by atoms with E-state index >= 15 is 0 Å². The Hall–Kier alpha value is -1.56. The van der Waals surface area contributed by atoms with Crippen molar-refractivity contribution in [2.24, 2.45) is 11.8 Å². The summed E-state index contributed by atoms with van der Waals surface area (Å²) in [7, 11) is -2.94.